The van der Waals surface area contributed by atoms with E-state index in [1.165, 1.54) is 0 Å². The minimum atomic E-state index is -2.63. The van der Waals surface area contributed by atoms with Gasteiger partial charge >= 0.3 is 5.97 Å². The lowest BCUT2D eigenvalue weighted by atomic mass is 10.1. The van der Waals surface area contributed by atoms with Crippen LogP contribution in [-0.4, -0.2) is 19.0 Å². The Hall–Kier alpha value is -1.65. The third-order valence-corrected chi connectivity index (χ3v) is 1.67. The molecular weight excluding hydrogens is 204 g/mol. The molecule has 0 fully saturated rings. The molecule has 0 aliphatic carbocycles. The molecule has 1 aromatic carbocycles. The summed E-state index contributed by atoms with van der Waals surface area (Å²) in [5.74, 6) is -0.680. The Bertz CT molecular complexity index is 342. The van der Waals surface area contributed by atoms with Gasteiger partial charge in [-0.1, -0.05) is 12.1 Å². The smallest absolute Gasteiger partial charge is 0.310 e. The van der Waals surface area contributed by atoms with E-state index in [0.717, 1.165) is 0 Å². The van der Waals surface area contributed by atoms with Gasteiger partial charge < -0.3 is 10.5 Å². The first-order valence-electron chi connectivity index (χ1n) is 4.36. The number of nitrogens with two attached hydrogens (primary N) is 1. The Labute approximate surface area is 85.8 Å². The molecule has 15 heavy (non-hydrogen) atoms. The van der Waals surface area contributed by atoms with E-state index >= 15 is 0 Å². The highest BCUT2D eigenvalue weighted by atomic mass is 19.3. The van der Waals surface area contributed by atoms with Gasteiger partial charge in [0.25, 0.3) is 6.43 Å². The third kappa shape index (κ3) is 4.39. The number of nitrogen functional groups attached to an aromatic ring is 1. The lowest BCUT2D eigenvalue weighted by Crippen LogP contribution is -2.13. The summed E-state index contributed by atoms with van der Waals surface area (Å²) in [7, 11) is 0. The number of carbonyl (C=O) groups excluding carboxylic acids is 1. The highest BCUT2D eigenvalue weighted by molar-refractivity contribution is 5.73. The summed E-state index contributed by atoms with van der Waals surface area (Å²) < 4.78 is 27.7. The van der Waals surface area contributed by atoms with Crippen molar-refractivity contribution in [2.75, 3.05) is 12.3 Å². The number of hydrogen-bond donors (Lipinski definition) is 1. The average molecular weight is 215 g/mol. The summed E-state index contributed by atoms with van der Waals surface area (Å²) in [5.41, 5.74) is 6.65. The molecule has 1 rings (SSSR count). The minimum absolute atomic E-state index is 0.0439. The molecule has 0 aromatic heterocycles. The zero-order valence-corrected chi connectivity index (χ0v) is 7.95. The van der Waals surface area contributed by atoms with Crippen LogP contribution in [-0.2, 0) is 16.0 Å². The maximum Gasteiger partial charge on any atom is 0.310 e. The van der Waals surface area contributed by atoms with Crippen molar-refractivity contribution in [3.05, 3.63) is 29.8 Å². The van der Waals surface area contributed by atoms with Crippen LogP contribution in [0.2, 0.25) is 0 Å². The maximum atomic E-state index is 11.7. The second-order valence-corrected chi connectivity index (χ2v) is 3.00. The van der Waals surface area contributed by atoms with Crippen molar-refractivity contribution in [1.82, 2.24) is 0 Å². The fraction of sp³-hybridized carbons (Fsp3) is 0.300. The molecule has 0 amide bonds. The van der Waals surface area contributed by atoms with Gasteiger partial charge in [0, 0.05) is 5.69 Å². The second-order valence-electron chi connectivity index (χ2n) is 3.00. The molecule has 0 unspecified atom stereocenters. The fourth-order valence-corrected chi connectivity index (χ4v) is 1.08. The van der Waals surface area contributed by atoms with Crippen molar-refractivity contribution in [2.24, 2.45) is 0 Å². The first-order valence-corrected chi connectivity index (χ1v) is 4.36. The Morgan fingerprint density at radius 1 is 1.47 bits per heavy atom. The van der Waals surface area contributed by atoms with E-state index in [1.54, 1.807) is 24.3 Å². The van der Waals surface area contributed by atoms with Crippen molar-refractivity contribution < 1.29 is 18.3 Å². The molecule has 0 heterocycles. The minimum Gasteiger partial charge on any atom is -0.459 e. The van der Waals surface area contributed by atoms with Crippen molar-refractivity contribution in [3.8, 4) is 0 Å². The predicted octanol–water partition coefficient (Wildman–Crippen LogP) is 1.62. The SMILES string of the molecule is Nc1cccc(CC(=O)OCC(F)F)c1. The lowest BCUT2D eigenvalue weighted by molar-refractivity contribution is -0.146. The highest BCUT2D eigenvalue weighted by Crippen LogP contribution is 2.08. The van der Waals surface area contributed by atoms with E-state index in [2.05, 4.69) is 4.74 Å². The molecule has 0 bridgehead atoms. The Morgan fingerprint density at radius 3 is 2.80 bits per heavy atom. The van der Waals surface area contributed by atoms with Crippen molar-refractivity contribution >= 4 is 11.7 Å². The summed E-state index contributed by atoms with van der Waals surface area (Å²) in [5, 5.41) is 0. The summed E-state index contributed by atoms with van der Waals surface area (Å²) in [6.45, 7) is -0.860. The lowest BCUT2D eigenvalue weighted by Gasteiger charge is -2.04. The van der Waals surface area contributed by atoms with E-state index < -0.39 is 19.0 Å². The van der Waals surface area contributed by atoms with Crippen molar-refractivity contribution in [3.63, 3.8) is 0 Å². The number of esters is 1. The molecule has 2 N–H and O–H groups in total. The van der Waals surface area contributed by atoms with Gasteiger partial charge in [-0.2, -0.15) is 0 Å². The molecule has 5 heteroatoms. The number of halogens is 2. The van der Waals surface area contributed by atoms with Crippen molar-refractivity contribution in [2.45, 2.75) is 12.8 Å². The number of carbonyl (C=O) groups is 1. The third-order valence-electron chi connectivity index (χ3n) is 1.67. The first kappa shape index (κ1) is 11.4. The molecule has 0 spiro atoms. The van der Waals surface area contributed by atoms with Gasteiger partial charge in [-0.15, -0.1) is 0 Å². The normalized spacial score (nSPS) is 10.3. The van der Waals surface area contributed by atoms with Gasteiger partial charge in [-0.25, -0.2) is 8.78 Å². The van der Waals surface area contributed by atoms with E-state index in [4.69, 9.17) is 5.73 Å². The number of benzene rings is 1. The van der Waals surface area contributed by atoms with Crippen LogP contribution in [0.5, 0.6) is 0 Å². The number of ether oxygens (including phenoxy) is 1. The zero-order valence-electron chi connectivity index (χ0n) is 7.95. The van der Waals surface area contributed by atoms with Gasteiger partial charge in [-0.3, -0.25) is 4.79 Å². The Morgan fingerprint density at radius 2 is 2.20 bits per heavy atom. The molecule has 3 nitrogen and oxygen atoms in total. The van der Waals surface area contributed by atoms with Crippen LogP contribution in [0.4, 0.5) is 14.5 Å². The standard InChI is InChI=1S/C10H11F2NO2/c11-9(12)6-15-10(14)5-7-2-1-3-8(13)4-7/h1-4,9H,5-6,13H2. The average Bonchev–Trinajstić information content (AvgIpc) is 2.15. The van der Waals surface area contributed by atoms with Gasteiger partial charge in [0.2, 0.25) is 0 Å². The van der Waals surface area contributed by atoms with E-state index in [0.29, 0.717) is 11.3 Å². The number of rotatable bonds is 4. The number of hydrogen-bond acceptors (Lipinski definition) is 3. The molecule has 0 radical (unpaired) electrons. The molecule has 0 atom stereocenters. The molecule has 0 saturated carbocycles. The van der Waals surface area contributed by atoms with Crippen LogP contribution in [0.3, 0.4) is 0 Å². The number of anilines is 1. The van der Waals surface area contributed by atoms with Crippen LogP contribution in [0.15, 0.2) is 24.3 Å². The molecule has 0 saturated heterocycles. The summed E-state index contributed by atoms with van der Waals surface area (Å²) in [4.78, 5) is 11.0. The topological polar surface area (TPSA) is 52.3 Å². The van der Waals surface area contributed by atoms with E-state index in [1.807, 2.05) is 0 Å². The molecule has 0 aliphatic heterocycles. The van der Waals surface area contributed by atoms with E-state index in [9.17, 15) is 13.6 Å². The van der Waals surface area contributed by atoms with Crippen LogP contribution in [0, 0.1) is 0 Å². The van der Waals surface area contributed by atoms with Gasteiger partial charge in [0.05, 0.1) is 6.42 Å². The van der Waals surface area contributed by atoms with Gasteiger partial charge in [0.1, 0.15) is 0 Å². The Kier molecular flexibility index (Phi) is 4.03. The Balaban J connectivity index is 2.44. The molecule has 1 aromatic rings. The monoisotopic (exact) mass is 215 g/mol. The molecular formula is C10H11F2NO2. The van der Waals surface area contributed by atoms with Gasteiger partial charge in [-0.05, 0) is 17.7 Å². The van der Waals surface area contributed by atoms with Crippen LogP contribution in [0.25, 0.3) is 0 Å². The van der Waals surface area contributed by atoms with Crippen LogP contribution < -0.4 is 5.73 Å². The summed E-state index contributed by atoms with van der Waals surface area (Å²) >= 11 is 0. The first-order chi connectivity index (χ1) is 7.08. The second kappa shape index (κ2) is 5.29. The van der Waals surface area contributed by atoms with Gasteiger partial charge in [0.15, 0.2) is 6.61 Å². The molecule has 0 aliphatic rings. The summed E-state index contributed by atoms with van der Waals surface area (Å²) in [6.07, 6.45) is -2.67. The predicted molar refractivity (Wildman–Crippen MR) is 51.5 cm³/mol. The van der Waals surface area contributed by atoms with Crippen LogP contribution in [0.1, 0.15) is 5.56 Å². The maximum absolute atomic E-state index is 11.7. The van der Waals surface area contributed by atoms with Crippen molar-refractivity contribution in [1.29, 1.82) is 0 Å². The number of alkyl halides is 2. The largest absolute Gasteiger partial charge is 0.459 e. The zero-order chi connectivity index (χ0) is 11.3. The summed E-state index contributed by atoms with van der Waals surface area (Å²) in [6, 6.07) is 6.64. The highest BCUT2D eigenvalue weighted by Gasteiger charge is 2.09. The quantitative estimate of drug-likeness (QED) is 0.613. The van der Waals surface area contributed by atoms with Crippen LogP contribution >= 0.6 is 0 Å². The molecule has 82 valence electrons. The fourth-order valence-electron chi connectivity index (χ4n) is 1.08. The van der Waals surface area contributed by atoms with E-state index in [-0.39, 0.29) is 6.42 Å².